The van der Waals surface area contributed by atoms with Gasteiger partial charge in [-0.25, -0.2) is 0 Å². The largest absolute Gasteiger partial charge is 0.339 e. The van der Waals surface area contributed by atoms with Crippen molar-refractivity contribution in [1.29, 1.82) is 0 Å². The van der Waals surface area contributed by atoms with Crippen LogP contribution in [0.3, 0.4) is 0 Å². The highest BCUT2D eigenvalue weighted by molar-refractivity contribution is 5.85. The maximum absolute atomic E-state index is 11.5. The lowest BCUT2D eigenvalue weighted by atomic mass is 9.77. The van der Waals surface area contributed by atoms with E-state index in [0.29, 0.717) is 36.5 Å². The van der Waals surface area contributed by atoms with E-state index in [9.17, 15) is 9.59 Å². The van der Waals surface area contributed by atoms with E-state index in [4.69, 9.17) is 0 Å². The minimum Gasteiger partial charge on any atom is -0.339 e. The summed E-state index contributed by atoms with van der Waals surface area (Å²) >= 11 is 0. The predicted octanol–water partition coefficient (Wildman–Crippen LogP) is 0.586. The van der Waals surface area contributed by atoms with Gasteiger partial charge in [0.2, 0.25) is 5.91 Å². The number of carbonyl (C=O) groups excluding carboxylic acids is 2. The summed E-state index contributed by atoms with van der Waals surface area (Å²) in [5, 5.41) is 0. The number of nitrogens with zero attached hydrogens (tertiary/aromatic N) is 1. The molecule has 3 rings (SSSR count). The van der Waals surface area contributed by atoms with Crippen LogP contribution in [0.15, 0.2) is 0 Å². The van der Waals surface area contributed by atoms with Crippen LogP contribution in [0.2, 0.25) is 0 Å². The van der Waals surface area contributed by atoms with Crippen LogP contribution in [-0.4, -0.2) is 29.2 Å². The Balaban J connectivity index is 1.95. The molecule has 2 aliphatic heterocycles. The quantitative estimate of drug-likeness (QED) is 0.545. The Bertz CT molecular complexity index is 285. The fraction of sp³-hybridized carbons (Fsp3) is 0.800. The number of rotatable bonds is 0. The Morgan fingerprint density at radius 1 is 1.08 bits per heavy atom. The Labute approximate surface area is 77.1 Å². The summed E-state index contributed by atoms with van der Waals surface area (Å²) < 4.78 is 0. The summed E-state index contributed by atoms with van der Waals surface area (Å²) in [6.45, 7) is 0.901. The summed E-state index contributed by atoms with van der Waals surface area (Å²) in [6, 6.07) is 0.435. The molecule has 0 bridgehead atoms. The van der Waals surface area contributed by atoms with Gasteiger partial charge in [-0.05, 0) is 18.3 Å². The van der Waals surface area contributed by atoms with Crippen LogP contribution in [0.25, 0.3) is 0 Å². The van der Waals surface area contributed by atoms with Crippen molar-refractivity contribution in [3.63, 3.8) is 0 Å². The summed E-state index contributed by atoms with van der Waals surface area (Å²) in [4.78, 5) is 24.9. The van der Waals surface area contributed by atoms with Gasteiger partial charge < -0.3 is 4.90 Å². The van der Waals surface area contributed by atoms with Crippen LogP contribution in [0, 0.1) is 11.8 Å². The van der Waals surface area contributed by atoms with Crippen LogP contribution in [0.1, 0.15) is 25.7 Å². The molecule has 3 aliphatic rings. The second kappa shape index (κ2) is 2.34. The zero-order valence-corrected chi connectivity index (χ0v) is 7.53. The van der Waals surface area contributed by atoms with Crippen LogP contribution in [-0.2, 0) is 9.59 Å². The number of amides is 1. The van der Waals surface area contributed by atoms with Gasteiger partial charge in [0.25, 0.3) is 0 Å². The van der Waals surface area contributed by atoms with Gasteiger partial charge in [-0.2, -0.15) is 0 Å². The second-order valence-electron chi connectivity index (χ2n) is 4.54. The number of hydrogen-bond donors (Lipinski definition) is 0. The highest BCUT2D eigenvalue weighted by Gasteiger charge is 2.51. The first-order valence-electron chi connectivity index (χ1n) is 5.07. The van der Waals surface area contributed by atoms with Crippen LogP contribution in [0.5, 0.6) is 0 Å². The molecule has 13 heavy (non-hydrogen) atoms. The average Bonchev–Trinajstić information content (AvgIpc) is 2.58. The molecule has 1 aliphatic carbocycles. The van der Waals surface area contributed by atoms with Gasteiger partial charge in [-0.1, -0.05) is 0 Å². The molecular weight excluding hydrogens is 166 g/mol. The smallest absolute Gasteiger partial charge is 0.223 e. The van der Waals surface area contributed by atoms with E-state index in [1.54, 1.807) is 0 Å². The monoisotopic (exact) mass is 179 g/mol. The lowest BCUT2D eigenvalue weighted by Crippen LogP contribution is -2.37. The maximum Gasteiger partial charge on any atom is 0.223 e. The van der Waals surface area contributed by atoms with Gasteiger partial charge in [0.05, 0.1) is 0 Å². The van der Waals surface area contributed by atoms with E-state index < -0.39 is 0 Å². The predicted molar refractivity (Wildman–Crippen MR) is 46.0 cm³/mol. The zero-order chi connectivity index (χ0) is 9.00. The molecule has 3 atom stereocenters. The normalized spacial score (nSPS) is 42.8. The minimum absolute atomic E-state index is 0.284. The molecule has 0 N–H and O–H groups in total. The van der Waals surface area contributed by atoms with Gasteiger partial charge in [0.15, 0.2) is 0 Å². The van der Waals surface area contributed by atoms with E-state index in [0.717, 1.165) is 19.4 Å². The van der Waals surface area contributed by atoms with E-state index in [-0.39, 0.29) is 5.91 Å². The van der Waals surface area contributed by atoms with Crippen LogP contribution < -0.4 is 0 Å². The molecule has 3 fully saturated rings. The van der Waals surface area contributed by atoms with Crippen molar-refractivity contribution in [1.82, 2.24) is 4.90 Å². The molecule has 1 saturated carbocycles. The van der Waals surface area contributed by atoms with Crippen LogP contribution >= 0.6 is 0 Å². The Hall–Kier alpha value is -0.860. The first kappa shape index (κ1) is 7.54. The van der Waals surface area contributed by atoms with Crippen molar-refractivity contribution >= 4 is 11.7 Å². The third-order valence-electron chi connectivity index (χ3n) is 3.80. The van der Waals surface area contributed by atoms with Crippen molar-refractivity contribution in [2.45, 2.75) is 31.7 Å². The zero-order valence-electron chi connectivity index (χ0n) is 7.53. The fourth-order valence-electron chi connectivity index (χ4n) is 3.36. The van der Waals surface area contributed by atoms with E-state index in [2.05, 4.69) is 0 Å². The van der Waals surface area contributed by atoms with Gasteiger partial charge >= 0.3 is 0 Å². The highest BCUT2D eigenvalue weighted by atomic mass is 16.2. The summed E-state index contributed by atoms with van der Waals surface area (Å²) in [7, 11) is 0. The van der Waals surface area contributed by atoms with Crippen molar-refractivity contribution in [2.75, 3.05) is 6.54 Å². The van der Waals surface area contributed by atoms with Gasteiger partial charge in [0.1, 0.15) is 5.78 Å². The molecule has 3 nitrogen and oxygen atoms in total. The number of Topliss-reactive ketones (excluding diaryl/α,β-unsaturated/α-hetero) is 1. The second-order valence-corrected chi connectivity index (χ2v) is 4.54. The van der Waals surface area contributed by atoms with Crippen molar-refractivity contribution in [3.8, 4) is 0 Å². The molecule has 70 valence electrons. The lowest BCUT2D eigenvalue weighted by Gasteiger charge is -2.29. The first-order valence-corrected chi connectivity index (χ1v) is 5.07. The number of hydrogen-bond acceptors (Lipinski definition) is 2. The third-order valence-corrected chi connectivity index (χ3v) is 3.80. The van der Waals surface area contributed by atoms with Crippen molar-refractivity contribution < 1.29 is 9.59 Å². The molecule has 0 radical (unpaired) electrons. The topological polar surface area (TPSA) is 37.4 Å². The Kier molecular flexibility index (Phi) is 1.35. The maximum atomic E-state index is 11.5. The fourth-order valence-corrected chi connectivity index (χ4v) is 3.36. The van der Waals surface area contributed by atoms with Gasteiger partial charge in [-0.3, -0.25) is 9.59 Å². The van der Waals surface area contributed by atoms with Crippen molar-refractivity contribution in [3.05, 3.63) is 0 Å². The third kappa shape index (κ3) is 0.901. The average molecular weight is 179 g/mol. The first-order chi connectivity index (χ1) is 6.25. The molecular formula is C10H13NO2. The molecule has 0 spiro atoms. The Morgan fingerprint density at radius 3 is 2.69 bits per heavy atom. The lowest BCUT2D eigenvalue weighted by molar-refractivity contribution is -0.128. The molecule has 1 amide bonds. The molecule has 2 heterocycles. The molecule has 0 aromatic heterocycles. The summed E-state index contributed by atoms with van der Waals surface area (Å²) in [6.07, 6.45) is 3.07. The number of carbonyl (C=O) groups is 2. The van der Waals surface area contributed by atoms with Crippen LogP contribution in [0.4, 0.5) is 0 Å². The summed E-state index contributed by atoms with van der Waals surface area (Å²) in [5.41, 5.74) is 0. The number of ketones is 1. The van der Waals surface area contributed by atoms with E-state index in [1.165, 1.54) is 0 Å². The van der Waals surface area contributed by atoms with E-state index >= 15 is 0 Å². The standard InChI is InChI=1S/C10H13NO2/c12-8-3-6-1-2-11-9(13)5-7(4-8)10(6)11/h6-7,10H,1-5H2. The highest BCUT2D eigenvalue weighted by Crippen LogP contribution is 2.44. The van der Waals surface area contributed by atoms with Gasteiger partial charge in [-0.15, -0.1) is 0 Å². The Morgan fingerprint density at radius 2 is 1.85 bits per heavy atom. The molecule has 3 unspecified atom stereocenters. The molecule has 2 saturated heterocycles. The van der Waals surface area contributed by atoms with E-state index in [1.807, 2.05) is 4.90 Å². The van der Waals surface area contributed by atoms with Gasteiger partial charge in [0, 0.05) is 31.8 Å². The van der Waals surface area contributed by atoms with Crippen molar-refractivity contribution in [2.24, 2.45) is 11.8 Å². The molecule has 3 heteroatoms. The molecule has 0 aromatic rings. The molecule has 0 aromatic carbocycles. The SMILES string of the molecule is O=C1CC2CCN3C(=O)CC(C1)C23. The minimum atomic E-state index is 0.284. The summed E-state index contributed by atoms with van der Waals surface area (Å²) in [5.74, 6) is 1.52.